The maximum absolute atomic E-state index is 6.98. The van der Waals surface area contributed by atoms with Gasteiger partial charge in [0.25, 0.3) is 0 Å². The number of hydrogen-bond donors (Lipinski definition) is 0. The van der Waals surface area contributed by atoms with Crippen molar-refractivity contribution in [2.45, 2.75) is 31.0 Å². The first-order chi connectivity index (χ1) is 14.7. The molecule has 3 heterocycles. The van der Waals surface area contributed by atoms with Crippen LogP contribution in [-0.4, -0.2) is 42.9 Å². The lowest BCUT2D eigenvalue weighted by molar-refractivity contribution is -0.119. The Morgan fingerprint density at radius 2 is 1.87 bits per heavy atom. The second-order valence-corrected chi connectivity index (χ2v) is 9.04. The van der Waals surface area contributed by atoms with Crippen LogP contribution in [0.3, 0.4) is 0 Å². The average molecular weight is 423 g/mol. The van der Waals surface area contributed by atoms with Crippen LogP contribution in [0.25, 0.3) is 10.2 Å². The van der Waals surface area contributed by atoms with Gasteiger partial charge in [-0.05, 0) is 37.6 Å². The number of aromatic nitrogens is 1. The van der Waals surface area contributed by atoms with Crippen molar-refractivity contribution in [2.24, 2.45) is 0 Å². The number of hydrogen-bond acceptors (Lipinski definition) is 6. The molecule has 1 unspecified atom stereocenters. The van der Waals surface area contributed by atoms with E-state index in [1.54, 1.807) is 17.6 Å². The second-order valence-electron chi connectivity index (χ2n) is 8.01. The number of piperidine rings is 1. The van der Waals surface area contributed by atoms with E-state index in [2.05, 4.69) is 54.4 Å². The van der Waals surface area contributed by atoms with Crippen molar-refractivity contribution >= 4 is 21.6 Å². The summed E-state index contributed by atoms with van der Waals surface area (Å²) in [5, 5.41) is 0.920. The first kappa shape index (κ1) is 19.5. The van der Waals surface area contributed by atoms with Gasteiger partial charge in [-0.25, -0.2) is 4.98 Å². The highest BCUT2D eigenvalue weighted by Gasteiger charge is 2.46. The van der Waals surface area contributed by atoms with Crippen LogP contribution in [-0.2, 0) is 26.2 Å². The molecular formula is C24H26N2O3S. The molecule has 1 fully saturated rings. The molecule has 156 valence electrons. The van der Waals surface area contributed by atoms with Crippen molar-refractivity contribution in [3.63, 3.8) is 0 Å². The van der Waals surface area contributed by atoms with E-state index in [9.17, 15) is 0 Å². The van der Waals surface area contributed by atoms with Crippen LogP contribution in [0.15, 0.2) is 66.6 Å². The third kappa shape index (κ3) is 3.83. The summed E-state index contributed by atoms with van der Waals surface area (Å²) < 4.78 is 19.6. The second kappa shape index (κ2) is 8.38. The third-order valence-corrected chi connectivity index (χ3v) is 7.02. The lowest BCUT2D eigenvalue weighted by Crippen LogP contribution is -2.43. The highest BCUT2D eigenvalue weighted by atomic mass is 32.1. The SMILES string of the molecule is CN1CCC(OC(Cc2ccccc2)(C2=COCO2)c2nc3ccccc3s2)CC1. The molecule has 0 aliphatic carbocycles. The number of ether oxygens (including phenoxy) is 3. The predicted molar refractivity (Wildman–Crippen MR) is 118 cm³/mol. The summed E-state index contributed by atoms with van der Waals surface area (Å²) in [7, 11) is 2.16. The number of thiazole rings is 1. The lowest BCUT2D eigenvalue weighted by Gasteiger charge is -2.38. The highest BCUT2D eigenvalue weighted by Crippen LogP contribution is 2.44. The van der Waals surface area contributed by atoms with Crippen LogP contribution in [0.1, 0.15) is 23.4 Å². The summed E-state index contributed by atoms with van der Waals surface area (Å²) in [6.07, 6.45) is 4.49. The molecule has 6 heteroatoms. The van der Waals surface area contributed by atoms with Crippen molar-refractivity contribution in [3.8, 4) is 0 Å². The average Bonchev–Trinajstić information content (AvgIpc) is 3.46. The van der Waals surface area contributed by atoms with Gasteiger partial charge in [0.05, 0.1) is 16.3 Å². The molecule has 2 aromatic carbocycles. The number of benzene rings is 2. The zero-order chi connectivity index (χ0) is 20.4. The topological polar surface area (TPSA) is 43.8 Å². The molecule has 2 aliphatic rings. The van der Waals surface area contributed by atoms with Gasteiger partial charge in [0.2, 0.25) is 6.79 Å². The number of fused-ring (bicyclic) bond motifs is 1. The van der Waals surface area contributed by atoms with Crippen molar-refractivity contribution in [2.75, 3.05) is 26.9 Å². The fourth-order valence-electron chi connectivity index (χ4n) is 4.19. The zero-order valence-electron chi connectivity index (χ0n) is 17.1. The van der Waals surface area contributed by atoms with E-state index in [0.717, 1.165) is 41.2 Å². The predicted octanol–water partition coefficient (Wildman–Crippen LogP) is 4.69. The van der Waals surface area contributed by atoms with Crippen LogP contribution in [0.5, 0.6) is 0 Å². The van der Waals surface area contributed by atoms with Crippen LogP contribution in [0.4, 0.5) is 0 Å². The minimum absolute atomic E-state index is 0.141. The van der Waals surface area contributed by atoms with Gasteiger partial charge in [0, 0.05) is 19.5 Å². The van der Waals surface area contributed by atoms with Crippen LogP contribution < -0.4 is 0 Å². The Balaban J connectivity index is 1.61. The fourth-order valence-corrected chi connectivity index (χ4v) is 5.29. The van der Waals surface area contributed by atoms with Crippen molar-refractivity contribution in [1.29, 1.82) is 0 Å². The summed E-state index contributed by atoms with van der Waals surface area (Å²) in [5.74, 6) is 0.712. The van der Waals surface area contributed by atoms with E-state index in [-0.39, 0.29) is 12.9 Å². The van der Waals surface area contributed by atoms with Crippen LogP contribution in [0, 0.1) is 0 Å². The summed E-state index contributed by atoms with van der Waals surface area (Å²) in [6, 6.07) is 18.7. The Bertz CT molecular complexity index is 994. The normalized spacial score (nSPS) is 19.8. The van der Waals surface area contributed by atoms with E-state index < -0.39 is 5.60 Å². The summed E-state index contributed by atoms with van der Waals surface area (Å²) >= 11 is 1.68. The standard InChI is InChI=1S/C24H26N2O3S/c1-26-13-11-19(12-14-26)29-24(22-16-27-17-28-22,15-18-7-3-2-4-8-18)23-25-20-9-5-6-10-21(20)30-23/h2-10,16,19H,11-15,17H2,1H3. The van der Waals surface area contributed by atoms with Gasteiger partial charge in [-0.15, -0.1) is 11.3 Å². The highest BCUT2D eigenvalue weighted by molar-refractivity contribution is 7.18. The zero-order valence-corrected chi connectivity index (χ0v) is 17.9. The maximum Gasteiger partial charge on any atom is 0.230 e. The Labute approximate surface area is 180 Å². The van der Waals surface area contributed by atoms with E-state index in [1.807, 2.05) is 12.1 Å². The number of para-hydroxylation sites is 1. The quantitative estimate of drug-likeness (QED) is 0.577. The molecule has 3 aromatic rings. The molecule has 0 spiro atoms. The lowest BCUT2D eigenvalue weighted by atomic mass is 9.91. The van der Waals surface area contributed by atoms with Gasteiger partial charge in [0.1, 0.15) is 11.3 Å². The van der Waals surface area contributed by atoms with Crippen molar-refractivity contribution in [1.82, 2.24) is 9.88 Å². The van der Waals surface area contributed by atoms with E-state index in [0.29, 0.717) is 12.2 Å². The van der Waals surface area contributed by atoms with Crippen molar-refractivity contribution < 1.29 is 14.2 Å². The Morgan fingerprint density at radius 3 is 2.60 bits per heavy atom. The minimum atomic E-state index is -0.803. The number of nitrogens with zero attached hydrogens (tertiary/aromatic N) is 2. The van der Waals surface area contributed by atoms with E-state index in [4.69, 9.17) is 19.2 Å². The van der Waals surface area contributed by atoms with Crippen LogP contribution in [0.2, 0.25) is 0 Å². The molecule has 1 atom stereocenters. The monoisotopic (exact) mass is 422 g/mol. The molecule has 30 heavy (non-hydrogen) atoms. The van der Waals surface area contributed by atoms with Gasteiger partial charge < -0.3 is 19.1 Å². The Kier molecular flexibility index (Phi) is 5.46. The van der Waals surface area contributed by atoms with Gasteiger partial charge in [-0.1, -0.05) is 42.5 Å². The molecule has 0 amide bonds. The smallest absolute Gasteiger partial charge is 0.230 e. The summed E-state index contributed by atoms with van der Waals surface area (Å²) in [4.78, 5) is 7.37. The third-order valence-electron chi connectivity index (χ3n) is 5.84. The molecule has 1 saturated heterocycles. The minimum Gasteiger partial charge on any atom is -0.461 e. The van der Waals surface area contributed by atoms with E-state index in [1.165, 1.54) is 5.56 Å². The molecule has 2 aliphatic heterocycles. The number of likely N-dealkylation sites (tertiary alicyclic amines) is 1. The first-order valence-electron chi connectivity index (χ1n) is 10.4. The molecule has 5 rings (SSSR count). The van der Waals surface area contributed by atoms with Crippen molar-refractivity contribution in [3.05, 3.63) is 77.2 Å². The van der Waals surface area contributed by atoms with Gasteiger partial charge >= 0.3 is 0 Å². The molecule has 0 radical (unpaired) electrons. The summed E-state index contributed by atoms with van der Waals surface area (Å²) in [5.41, 5.74) is 1.37. The van der Waals surface area contributed by atoms with Gasteiger partial charge in [-0.2, -0.15) is 0 Å². The molecule has 1 aromatic heterocycles. The fraction of sp³-hybridized carbons (Fsp3) is 0.375. The molecular weight excluding hydrogens is 396 g/mol. The molecule has 5 nitrogen and oxygen atoms in total. The van der Waals surface area contributed by atoms with Gasteiger partial charge in [-0.3, -0.25) is 0 Å². The molecule has 0 N–H and O–H groups in total. The molecule has 0 saturated carbocycles. The first-order valence-corrected chi connectivity index (χ1v) is 11.3. The molecule has 0 bridgehead atoms. The number of rotatable bonds is 6. The summed E-state index contributed by atoms with van der Waals surface area (Å²) in [6.45, 7) is 2.28. The largest absolute Gasteiger partial charge is 0.461 e. The Morgan fingerprint density at radius 1 is 1.10 bits per heavy atom. The Hall–Kier alpha value is -2.41. The van der Waals surface area contributed by atoms with E-state index >= 15 is 0 Å². The van der Waals surface area contributed by atoms with Crippen LogP contribution >= 0.6 is 11.3 Å². The maximum atomic E-state index is 6.98. The van der Waals surface area contributed by atoms with Gasteiger partial charge in [0.15, 0.2) is 11.4 Å².